The van der Waals surface area contributed by atoms with E-state index in [0.29, 0.717) is 24.7 Å². The van der Waals surface area contributed by atoms with Crippen LogP contribution in [0.3, 0.4) is 0 Å². The second-order valence-corrected chi connectivity index (χ2v) is 4.75. The Morgan fingerprint density at radius 3 is 2.75 bits per heavy atom. The van der Waals surface area contributed by atoms with Gasteiger partial charge in [0.05, 0.1) is 12.2 Å². The number of nitrogens with one attached hydrogen (secondary N) is 1. The molecule has 0 unspecified atom stereocenters. The van der Waals surface area contributed by atoms with E-state index in [1.165, 1.54) is 11.5 Å². The number of hydrogen-bond donors (Lipinski definition) is 2. The summed E-state index contributed by atoms with van der Waals surface area (Å²) in [4.78, 5) is 0. The van der Waals surface area contributed by atoms with Crippen molar-refractivity contribution in [3.63, 3.8) is 0 Å². The van der Waals surface area contributed by atoms with E-state index in [1.807, 2.05) is 20.8 Å². The third kappa shape index (κ3) is 3.24. The first-order valence-electron chi connectivity index (χ1n) is 5.17. The second-order valence-electron chi connectivity index (χ2n) is 3.98. The molecule has 1 aromatic heterocycles. The SMILES string of the molecule is CCOc1c(N)nsc1NCC(C)(C)OC. The van der Waals surface area contributed by atoms with Crippen LogP contribution in [0.5, 0.6) is 5.75 Å². The Bertz CT molecular complexity index is 339. The number of anilines is 2. The van der Waals surface area contributed by atoms with E-state index in [2.05, 4.69) is 9.69 Å². The lowest BCUT2D eigenvalue weighted by Gasteiger charge is -2.23. The average Bonchev–Trinajstić information content (AvgIpc) is 2.59. The van der Waals surface area contributed by atoms with Crippen molar-refractivity contribution in [3.8, 4) is 5.75 Å². The quantitative estimate of drug-likeness (QED) is 0.801. The Hall–Kier alpha value is -1.01. The van der Waals surface area contributed by atoms with Crippen LogP contribution in [0.15, 0.2) is 0 Å². The first-order chi connectivity index (χ1) is 7.50. The standard InChI is InChI=1S/C10H19N3O2S/c1-5-15-7-8(11)13-16-9(7)12-6-10(2,3)14-4/h12H,5-6H2,1-4H3,(H2,11,13). The molecule has 5 nitrogen and oxygen atoms in total. The second kappa shape index (κ2) is 5.36. The van der Waals surface area contributed by atoms with Crippen molar-refractivity contribution in [3.05, 3.63) is 0 Å². The fourth-order valence-corrected chi connectivity index (χ4v) is 1.71. The van der Waals surface area contributed by atoms with Crippen molar-refractivity contribution in [2.45, 2.75) is 26.4 Å². The van der Waals surface area contributed by atoms with Gasteiger partial charge in [-0.1, -0.05) is 0 Å². The van der Waals surface area contributed by atoms with Crippen molar-refractivity contribution in [1.82, 2.24) is 4.37 Å². The lowest BCUT2D eigenvalue weighted by molar-refractivity contribution is 0.0344. The molecule has 16 heavy (non-hydrogen) atoms. The maximum Gasteiger partial charge on any atom is 0.197 e. The number of ether oxygens (including phenoxy) is 2. The Morgan fingerprint density at radius 2 is 2.19 bits per heavy atom. The molecule has 0 amide bonds. The van der Waals surface area contributed by atoms with Crippen LogP contribution >= 0.6 is 11.5 Å². The molecule has 1 aromatic rings. The minimum atomic E-state index is -0.234. The van der Waals surface area contributed by atoms with Crippen molar-refractivity contribution < 1.29 is 9.47 Å². The van der Waals surface area contributed by atoms with Gasteiger partial charge in [0.2, 0.25) is 0 Å². The lowest BCUT2D eigenvalue weighted by atomic mass is 10.1. The number of nitrogen functional groups attached to an aromatic ring is 1. The fourth-order valence-electron chi connectivity index (χ4n) is 1.06. The van der Waals surface area contributed by atoms with E-state index >= 15 is 0 Å². The highest BCUT2D eigenvalue weighted by Crippen LogP contribution is 2.35. The Kier molecular flexibility index (Phi) is 4.37. The summed E-state index contributed by atoms with van der Waals surface area (Å²) in [6.45, 7) is 7.17. The van der Waals surface area contributed by atoms with Crippen molar-refractivity contribution in [1.29, 1.82) is 0 Å². The number of nitrogens with two attached hydrogens (primary N) is 1. The van der Waals surface area contributed by atoms with Crippen LogP contribution in [0.25, 0.3) is 0 Å². The molecule has 0 fully saturated rings. The lowest BCUT2D eigenvalue weighted by Crippen LogP contribution is -2.31. The molecular weight excluding hydrogens is 226 g/mol. The number of aromatic nitrogens is 1. The summed E-state index contributed by atoms with van der Waals surface area (Å²) in [6.07, 6.45) is 0. The molecule has 0 saturated carbocycles. The van der Waals surface area contributed by atoms with Crippen LogP contribution in [-0.4, -0.2) is 30.2 Å². The van der Waals surface area contributed by atoms with Crippen LogP contribution in [0.2, 0.25) is 0 Å². The molecule has 0 aromatic carbocycles. The van der Waals surface area contributed by atoms with Gasteiger partial charge in [0, 0.05) is 13.7 Å². The van der Waals surface area contributed by atoms with Crippen molar-refractivity contribution >= 4 is 22.4 Å². The Morgan fingerprint density at radius 1 is 1.50 bits per heavy atom. The Balaban J connectivity index is 2.67. The van der Waals surface area contributed by atoms with Gasteiger partial charge in [-0.05, 0) is 32.3 Å². The van der Waals surface area contributed by atoms with E-state index < -0.39 is 0 Å². The third-order valence-corrected chi connectivity index (χ3v) is 2.99. The van der Waals surface area contributed by atoms with Gasteiger partial charge in [-0.3, -0.25) is 0 Å². The first-order valence-corrected chi connectivity index (χ1v) is 5.94. The Labute approximate surface area is 100 Å². The number of methoxy groups -OCH3 is 1. The number of rotatable bonds is 6. The van der Waals surface area contributed by atoms with E-state index in [9.17, 15) is 0 Å². The van der Waals surface area contributed by atoms with Gasteiger partial charge in [0.1, 0.15) is 0 Å². The zero-order valence-corrected chi connectivity index (χ0v) is 11.0. The summed E-state index contributed by atoms with van der Waals surface area (Å²) in [6, 6.07) is 0. The van der Waals surface area contributed by atoms with Crippen LogP contribution < -0.4 is 15.8 Å². The van der Waals surface area contributed by atoms with Crippen LogP contribution in [0.4, 0.5) is 10.8 Å². The smallest absolute Gasteiger partial charge is 0.197 e. The summed E-state index contributed by atoms with van der Waals surface area (Å²) in [5, 5.41) is 4.09. The molecule has 1 heterocycles. The van der Waals surface area contributed by atoms with Crippen LogP contribution in [0, 0.1) is 0 Å². The molecule has 92 valence electrons. The minimum absolute atomic E-state index is 0.234. The predicted octanol–water partition coefficient (Wildman–Crippen LogP) is 1.96. The van der Waals surface area contributed by atoms with E-state index in [0.717, 1.165) is 5.00 Å². The van der Waals surface area contributed by atoms with Gasteiger partial charge >= 0.3 is 0 Å². The van der Waals surface area contributed by atoms with Gasteiger partial charge in [-0.25, -0.2) is 0 Å². The maximum absolute atomic E-state index is 5.70. The average molecular weight is 245 g/mol. The molecular formula is C10H19N3O2S. The molecule has 0 aliphatic rings. The molecule has 0 spiro atoms. The summed E-state index contributed by atoms with van der Waals surface area (Å²) in [5.74, 6) is 1.07. The molecule has 0 radical (unpaired) electrons. The topological polar surface area (TPSA) is 69.4 Å². The van der Waals surface area contributed by atoms with Gasteiger partial charge in [0.25, 0.3) is 0 Å². The molecule has 0 aliphatic carbocycles. The highest BCUT2D eigenvalue weighted by Gasteiger charge is 2.19. The van der Waals surface area contributed by atoms with Crippen molar-refractivity contribution in [2.24, 2.45) is 0 Å². The summed E-state index contributed by atoms with van der Waals surface area (Å²) >= 11 is 1.30. The molecule has 6 heteroatoms. The fraction of sp³-hybridized carbons (Fsp3) is 0.700. The van der Waals surface area contributed by atoms with E-state index in [1.54, 1.807) is 7.11 Å². The number of nitrogens with zero attached hydrogens (tertiary/aromatic N) is 1. The minimum Gasteiger partial charge on any atom is -0.487 e. The van der Waals surface area contributed by atoms with Crippen LogP contribution in [0.1, 0.15) is 20.8 Å². The molecule has 1 rings (SSSR count). The normalized spacial score (nSPS) is 11.5. The first kappa shape index (κ1) is 13.1. The maximum atomic E-state index is 5.70. The van der Waals surface area contributed by atoms with Crippen molar-refractivity contribution in [2.75, 3.05) is 31.3 Å². The summed E-state index contributed by atoms with van der Waals surface area (Å²) in [7, 11) is 1.69. The monoisotopic (exact) mass is 245 g/mol. The van der Waals surface area contributed by atoms with Gasteiger partial charge < -0.3 is 20.5 Å². The van der Waals surface area contributed by atoms with Gasteiger partial charge in [0.15, 0.2) is 16.6 Å². The third-order valence-electron chi connectivity index (χ3n) is 2.19. The zero-order valence-electron chi connectivity index (χ0n) is 10.2. The highest BCUT2D eigenvalue weighted by atomic mass is 32.1. The van der Waals surface area contributed by atoms with E-state index in [-0.39, 0.29) is 5.60 Å². The molecule has 0 bridgehead atoms. The largest absolute Gasteiger partial charge is 0.487 e. The molecule has 0 saturated heterocycles. The molecule has 0 atom stereocenters. The zero-order chi connectivity index (χ0) is 12.2. The highest BCUT2D eigenvalue weighted by molar-refractivity contribution is 7.11. The summed E-state index contributed by atoms with van der Waals surface area (Å²) < 4.78 is 14.8. The molecule has 3 N–H and O–H groups in total. The van der Waals surface area contributed by atoms with Gasteiger partial charge in [-0.2, -0.15) is 4.37 Å². The van der Waals surface area contributed by atoms with Crippen LogP contribution in [-0.2, 0) is 4.74 Å². The van der Waals surface area contributed by atoms with E-state index in [4.69, 9.17) is 15.2 Å². The van der Waals surface area contributed by atoms with Gasteiger partial charge in [-0.15, -0.1) is 0 Å². The number of hydrogen-bond acceptors (Lipinski definition) is 6. The summed E-state index contributed by atoms with van der Waals surface area (Å²) in [5.41, 5.74) is 5.47. The predicted molar refractivity (Wildman–Crippen MR) is 67.3 cm³/mol. The molecule has 0 aliphatic heterocycles.